The molecule has 1 aromatic carbocycles. The molecule has 1 aliphatic carbocycles. The van der Waals surface area contributed by atoms with Gasteiger partial charge in [0.1, 0.15) is 0 Å². The van der Waals surface area contributed by atoms with Crippen LogP contribution in [0.1, 0.15) is 31.2 Å². The molecule has 0 bridgehead atoms. The van der Waals surface area contributed by atoms with Crippen LogP contribution in [-0.2, 0) is 6.54 Å². The van der Waals surface area contributed by atoms with E-state index in [2.05, 4.69) is 41.3 Å². The van der Waals surface area contributed by atoms with Gasteiger partial charge in [-0.2, -0.15) is 0 Å². The highest BCUT2D eigenvalue weighted by molar-refractivity contribution is 5.15. The summed E-state index contributed by atoms with van der Waals surface area (Å²) in [6.07, 6.45) is 6.55. The van der Waals surface area contributed by atoms with Crippen molar-refractivity contribution in [3.8, 4) is 0 Å². The molecule has 2 nitrogen and oxygen atoms in total. The molecule has 2 atom stereocenters. The first-order valence-corrected chi connectivity index (χ1v) is 7.00. The predicted octanol–water partition coefficient (Wildman–Crippen LogP) is 3.50. The van der Waals surface area contributed by atoms with Crippen LogP contribution in [0, 0.1) is 5.92 Å². The molecule has 0 amide bonds. The second-order valence-electron chi connectivity index (χ2n) is 5.53. The largest absolute Gasteiger partial charge is 0.513 e. The molecule has 1 heterocycles. The zero-order chi connectivity index (χ0) is 12.4. The van der Waals surface area contributed by atoms with Gasteiger partial charge in [0.05, 0.1) is 5.76 Å². The van der Waals surface area contributed by atoms with Crippen molar-refractivity contribution in [1.29, 1.82) is 0 Å². The normalized spacial score (nSPS) is 28.6. The Bertz CT molecular complexity index is 426. The van der Waals surface area contributed by atoms with Crippen LogP contribution >= 0.6 is 0 Å². The number of fused-ring (bicyclic) bond motifs is 1. The Balaban J connectivity index is 1.73. The zero-order valence-corrected chi connectivity index (χ0v) is 10.8. The van der Waals surface area contributed by atoms with Crippen molar-refractivity contribution in [3.63, 3.8) is 0 Å². The molecule has 2 unspecified atom stereocenters. The fourth-order valence-corrected chi connectivity index (χ4v) is 3.39. The number of aliphatic hydroxyl groups excluding tert-OH is 1. The average Bonchev–Trinajstić information content (AvgIpc) is 2.40. The summed E-state index contributed by atoms with van der Waals surface area (Å²) < 4.78 is 0. The number of allylic oxidation sites excluding steroid dienone is 1. The number of benzene rings is 1. The van der Waals surface area contributed by atoms with Crippen LogP contribution in [0.25, 0.3) is 0 Å². The van der Waals surface area contributed by atoms with Crippen LogP contribution in [0.3, 0.4) is 0 Å². The van der Waals surface area contributed by atoms with E-state index in [-0.39, 0.29) is 0 Å². The van der Waals surface area contributed by atoms with Crippen molar-refractivity contribution in [2.45, 2.75) is 38.3 Å². The monoisotopic (exact) mass is 243 g/mol. The quantitative estimate of drug-likeness (QED) is 0.859. The Morgan fingerprint density at radius 3 is 2.83 bits per heavy atom. The summed E-state index contributed by atoms with van der Waals surface area (Å²) in [5.74, 6) is 1.18. The van der Waals surface area contributed by atoms with Crippen molar-refractivity contribution in [2.24, 2.45) is 5.92 Å². The molecule has 1 aromatic rings. The lowest BCUT2D eigenvalue weighted by Crippen LogP contribution is -2.45. The van der Waals surface area contributed by atoms with Crippen molar-refractivity contribution in [2.75, 3.05) is 6.54 Å². The van der Waals surface area contributed by atoms with Gasteiger partial charge in [0.15, 0.2) is 0 Å². The highest BCUT2D eigenvalue weighted by Gasteiger charge is 2.32. The van der Waals surface area contributed by atoms with E-state index in [4.69, 9.17) is 0 Å². The molecule has 1 saturated heterocycles. The van der Waals surface area contributed by atoms with Gasteiger partial charge in [0.25, 0.3) is 0 Å². The summed E-state index contributed by atoms with van der Waals surface area (Å²) in [6.45, 7) is 2.25. The Morgan fingerprint density at radius 1 is 1.17 bits per heavy atom. The first-order valence-electron chi connectivity index (χ1n) is 7.00. The number of hydrogen-bond donors (Lipinski definition) is 1. The average molecular weight is 243 g/mol. The van der Waals surface area contributed by atoms with Gasteiger partial charge in [0, 0.05) is 19.0 Å². The molecule has 0 saturated carbocycles. The van der Waals surface area contributed by atoms with Crippen molar-refractivity contribution < 1.29 is 5.11 Å². The molecule has 1 aliphatic heterocycles. The topological polar surface area (TPSA) is 23.5 Å². The molecule has 0 spiro atoms. The maximum atomic E-state index is 9.67. The van der Waals surface area contributed by atoms with E-state index in [9.17, 15) is 5.11 Å². The van der Waals surface area contributed by atoms with Gasteiger partial charge >= 0.3 is 0 Å². The van der Waals surface area contributed by atoms with Gasteiger partial charge in [-0.05, 0) is 43.4 Å². The first kappa shape index (κ1) is 11.8. The second-order valence-corrected chi connectivity index (χ2v) is 5.53. The maximum Gasteiger partial charge on any atom is 0.0886 e. The summed E-state index contributed by atoms with van der Waals surface area (Å²) >= 11 is 0. The lowest BCUT2D eigenvalue weighted by Gasteiger charge is -2.42. The van der Waals surface area contributed by atoms with Gasteiger partial charge in [-0.1, -0.05) is 30.3 Å². The standard InChI is InChI=1S/C16H21NO/c18-15-8-9-16-14(11-15)7-4-10-17(16)12-13-5-2-1-3-6-13/h1-3,5-6,11,14,16,18H,4,7-10,12H2. The van der Waals surface area contributed by atoms with E-state index >= 15 is 0 Å². The van der Waals surface area contributed by atoms with Crippen LogP contribution in [0.4, 0.5) is 0 Å². The van der Waals surface area contributed by atoms with Crippen molar-refractivity contribution >= 4 is 0 Å². The Kier molecular flexibility index (Phi) is 3.37. The highest BCUT2D eigenvalue weighted by atomic mass is 16.3. The van der Waals surface area contributed by atoms with Crippen LogP contribution in [0.15, 0.2) is 42.2 Å². The predicted molar refractivity (Wildman–Crippen MR) is 73.3 cm³/mol. The van der Waals surface area contributed by atoms with E-state index in [1.54, 1.807) is 0 Å². The minimum atomic E-state index is 0.566. The molecular weight excluding hydrogens is 222 g/mol. The summed E-state index contributed by atoms with van der Waals surface area (Å²) in [6, 6.07) is 11.4. The Morgan fingerprint density at radius 2 is 2.00 bits per heavy atom. The molecular formula is C16H21NO. The van der Waals surface area contributed by atoms with Gasteiger partial charge < -0.3 is 5.11 Å². The highest BCUT2D eigenvalue weighted by Crippen LogP contribution is 2.34. The molecule has 3 rings (SSSR count). The van der Waals surface area contributed by atoms with Crippen LogP contribution in [-0.4, -0.2) is 22.6 Å². The van der Waals surface area contributed by atoms with E-state index < -0.39 is 0 Å². The van der Waals surface area contributed by atoms with Crippen LogP contribution in [0.2, 0.25) is 0 Å². The molecule has 18 heavy (non-hydrogen) atoms. The van der Waals surface area contributed by atoms with Gasteiger partial charge in [-0.15, -0.1) is 0 Å². The first-order chi connectivity index (χ1) is 8.83. The number of hydrogen-bond acceptors (Lipinski definition) is 2. The smallest absolute Gasteiger partial charge is 0.0886 e. The Hall–Kier alpha value is -1.28. The number of nitrogens with zero attached hydrogens (tertiary/aromatic N) is 1. The summed E-state index contributed by atoms with van der Waals surface area (Å²) in [5, 5.41) is 9.67. The molecule has 2 heteroatoms. The number of piperidine rings is 1. The molecule has 96 valence electrons. The zero-order valence-electron chi connectivity index (χ0n) is 10.8. The van der Waals surface area contributed by atoms with E-state index in [0.717, 1.165) is 19.4 Å². The number of likely N-dealkylation sites (tertiary alicyclic amines) is 1. The summed E-state index contributed by atoms with van der Waals surface area (Å²) in [5.41, 5.74) is 1.40. The summed E-state index contributed by atoms with van der Waals surface area (Å²) in [7, 11) is 0. The summed E-state index contributed by atoms with van der Waals surface area (Å²) in [4.78, 5) is 2.60. The van der Waals surface area contributed by atoms with Crippen LogP contribution < -0.4 is 0 Å². The van der Waals surface area contributed by atoms with E-state index in [1.807, 2.05) is 0 Å². The second kappa shape index (κ2) is 5.15. The number of aliphatic hydroxyl groups is 1. The third-order valence-electron chi connectivity index (χ3n) is 4.28. The lowest BCUT2D eigenvalue weighted by molar-refractivity contribution is 0.0867. The van der Waals surface area contributed by atoms with E-state index in [1.165, 1.54) is 24.9 Å². The molecule has 0 radical (unpaired) electrons. The van der Waals surface area contributed by atoms with E-state index in [0.29, 0.717) is 17.7 Å². The third kappa shape index (κ3) is 2.44. The van der Waals surface area contributed by atoms with Gasteiger partial charge in [0.2, 0.25) is 0 Å². The fraction of sp³-hybridized carbons (Fsp3) is 0.500. The molecule has 1 fully saturated rings. The van der Waals surface area contributed by atoms with Gasteiger partial charge in [-0.25, -0.2) is 0 Å². The van der Waals surface area contributed by atoms with Crippen LogP contribution in [0.5, 0.6) is 0 Å². The SMILES string of the molecule is OC1=CC2CCCN(Cc3ccccc3)C2CC1. The van der Waals surface area contributed by atoms with Crippen molar-refractivity contribution in [1.82, 2.24) is 4.90 Å². The fourth-order valence-electron chi connectivity index (χ4n) is 3.39. The van der Waals surface area contributed by atoms with Crippen molar-refractivity contribution in [3.05, 3.63) is 47.7 Å². The minimum absolute atomic E-state index is 0.566. The Labute approximate surface area is 109 Å². The molecule has 0 aromatic heterocycles. The third-order valence-corrected chi connectivity index (χ3v) is 4.28. The molecule has 2 aliphatic rings. The molecule has 1 N–H and O–H groups in total. The minimum Gasteiger partial charge on any atom is -0.513 e. The number of rotatable bonds is 2. The van der Waals surface area contributed by atoms with Gasteiger partial charge in [-0.3, -0.25) is 4.90 Å². The maximum absolute atomic E-state index is 9.67. The lowest BCUT2D eigenvalue weighted by atomic mass is 9.82.